The number of benzene rings is 1. The van der Waals surface area contributed by atoms with Crippen LogP contribution in [0.15, 0.2) is 52.2 Å². The first kappa shape index (κ1) is 19.0. The van der Waals surface area contributed by atoms with E-state index in [9.17, 15) is 18.0 Å². The molecule has 1 amide bonds. The van der Waals surface area contributed by atoms with Gasteiger partial charge in [-0.15, -0.1) is 5.10 Å². The van der Waals surface area contributed by atoms with Crippen molar-refractivity contribution in [2.24, 2.45) is 0 Å². The molecule has 0 aliphatic heterocycles. The number of hydrogen-bond donors (Lipinski definition) is 1. The van der Waals surface area contributed by atoms with Crippen molar-refractivity contribution in [1.29, 1.82) is 0 Å². The Labute approximate surface area is 155 Å². The van der Waals surface area contributed by atoms with Gasteiger partial charge in [-0.3, -0.25) is 4.79 Å². The second kappa shape index (κ2) is 7.82. The average Bonchev–Trinajstić information content (AvgIpc) is 3.27. The van der Waals surface area contributed by atoms with E-state index in [-0.39, 0.29) is 11.6 Å². The van der Waals surface area contributed by atoms with Crippen LogP contribution in [0.3, 0.4) is 0 Å². The fourth-order valence-corrected chi connectivity index (χ4v) is 2.92. The smallest absolute Gasteiger partial charge is 0.416 e. The van der Waals surface area contributed by atoms with Gasteiger partial charge in [-0.05, 0) is 53.7 Å². The number of aromatic nitrogens is 4. The van der Waals surface area contributed by atoms with Crippen molar-refractivity contribution in [2.45, 2.75) is 30.1 Å². The lowest BCUT2D eigenvalue weighted by Gasteiger charge is -2.12. The van der Waals surface area contributed by atoms with Gasteiger partial charge in [-0.2, -0.15) is 13.2 Å². The highest BCUT2D eigenvalue weighted by Gasteiger charge is 2.30. The molecule has 0 aliphatic rings. The van der Waals surface area contributed by atoms with Crippen molar-refractivity contribution in [3.8, 4) is 0 Å². The number of carbonyl (C=O) groups is 1. The van der Waals surface area contributed by atoms with Crippen LogP contribution in [0.1, 0.15) is 18.2 Å². The first-order valence-corrected chi connectivity index (χ1v) is 8.64. The maximum atomic E-state index is 12.6. The van der Waals surface area contributed by atoms with E-state index in [0.29, 0.717) is 17.5 Å². The van der Waals surface area contributed by atoms with Gasteiger partial charge in [0, 0.05) is 5.69 Å². The number of alkyl halides is 3. The molecule has 0 bridgehead atoms. The summed E-state index contributed by atoms with van der Waals surface area (Å²) in [5, 5.41) is 13.8. The normalized spacial score (nSPS) is 12.7. The summed E-state index contributed by atoms with van der Waals surface area (Å²) in [5.41, 5.74) is -0.504. The predicted molar refractivity (Wildman–Crippen MR) is 91.0 cm³/mol. The van der Waals surface area contributed by atoms with Crippen molar-refractivity contribution in [3.63, 3.8) is 0 Å². The maximum absolute atomic E-state index is 12.6. The quantitative estimate of drug-likeness (QED) is 0.641. The zero-order valence-electron chi connectivity index (χ0n) is 14.0. The van der Waals surface area contributed by atoms with E-state index in [1.165, 1.54) is 23.1 Å². The molecule has 0 radical (unpaired) electrons. The standard InChI is InChI=1S/C16H14F3N5O2S/c1-10(14(25)20-12-6-4-11(5-7-12)16(17,18)19)27-15-21-22-23-24(15)9-13-3-2-8-26-13/h2-8,10H,9H2,1H3,(H,20,25). The summed E-state index contributed by atoms with van der Waals surface area (Å²) in [5.74, 6) is 0.276. The molecule has 0 saturated heterocycles. The number of nitrogens with zero attached hydrogens (tertiary/aromatic N) is 4. The lowest BCUT2D eigenvalue weighted by molar-refractivity contribution is -0.137. The van der Waals surface area contributed by atoms with E-state index in [0.717, 1.165) is 23.9 Å². The Morgan fingerprint density at radius 3 is 2.67 bits per heavy atom. The Kier molecular flexibility index (Phi) is 5.49. The van der Waals surface area contributed by atoms with Gasteiger partial charge in [-0.1, -0.05) is 11.8 Å². The van der Waals surface area contributed by atoms with Crippen LogP contribution in [0.25, 0.3) is 0 Å². The summed E-state index contributed by atoms with van der Waals surface area (Å²) in [7, 11) is 0. The Morgan fingerprint density at radius 2 is 2.04 bits per heavy atom. The van der Waals surface area contributed by atoms with Gasteiger partial charge in [0.25, 0.3) is 0 Å². The van der Waals surface area contributed by atoms with Crippen molar-refractivity contribution in [3.05, 3.63) is 54.0 Å². The van der Waals surface area contributed by atoms with Crippen molar-refractivity contribution in [1.82, 2.24) is 20.2 Å². The van der Waals surface area contributed by atoms with Gasteiger partial charge in [0.1, 0.15) is 12.3 Å². The molecule has 11 heteroatoms. The van der Waals surface area contributed by atoms with Crippen LogP contribution in [-0.4, -0.2) is 31.4 Å². The first-order valence-electron chi connectivity index (χ1n) is 7.76. The van der Waals surface area contributed by atoms with Crippen LogP contribution in [0.5, 0.6) is 0 Å². The van der Waals surface area contributed by atoms with Gasteiger partial charge in [-0.25, -0.2) is 4.68 Å². The predicted octanol–water partition coefficient (Wildman–Crippen LogP) is 3.45. The van der Waals surface area contributed by atoms with Gasteiger partial charge >= 0.3 is 6.18 Å². The van der Waals surface area contributed by atoms with Gasteiger partial charge in [0.15, 0.2) is 0 Å². The van der Waals surface area contributed by atoms with Gasteiger partial charge < -0.3 is 9.73 Å². The van der Waals surface area contributed by atoms with Crippen molar-refractivity contribution in [2.75, 3.05) is 5.32 Å². The van der Waals surface area contributed by atoms with E-state index >= 15 is 0 Å². The van der Waals surface area contributed by atoms with E-state index in [4.69, 9.17) is 4.42 Å². The summed E-state index contributed by atoms with van der Waals surface area (Å²) >= 11 is 1.13. The Bertz CT molecular complexity index is 894. The maximum Gasteiger partial charge on any atom is 0.416 e. The number of thioether (sulfide) groups is 1. The van der Waals surface area contributed by atoms with Gasteiger partial charge in [0.05, 0.1) is 17.1 Å². The molecule has 27 heavy (non-hydrogen) atoms. The molecular weight excluding hydrogens is 383 g/mol. The molecule has 0 saturated carbocycles. The van der Waals surface area contributed by atoms with Crippen LogP contribution in [-0.2, 0) is 17.5 Å². The third kappa shape index (κ3) is 4.88. The number of carbonyl (C=O) groups excluding carboxylic acids is 1. The largest absolute Gasteiger partial charge is 0.467 e. The Hall–Kier alpha value is -2.82. The Morgan fingerprint density at radius 1 is 1.30 bits per heavy atom. The summed E-state index contributed by atoms with van der Waals surface area (Å²) in [6.45, 7) is 1.96. The summed E-state index contributed by atoms with van der Waals surface area (Å²) in [6.07, 6.45) is -2.89. The second-order valence-electron chi connectivity index (χ2n) is 5.52. The zero-order valence-corrected chi connectivity index (χ0v) is 14.8. The second-order valence-corrected chi connectivity index (χ2v) is 6.83. The van der Waals surface area contributed by atoms with Crippen molar-refractivity contribution >= 4 is 23.4 Å². The number of nitrogens with one attached hydrogen (secondary N) is 1. The average molecular weight is 397 g/mol. The number of anilines is 1. The van der Waals surface area contributed by atoms with Gasteiger partial charge in [0.2, 0.25) is 11.1 Å². The molecule has 0 fully saturated rings. The molecule has 0 spiro atoms. The molecule has 1 N–H and O–H groups in total. The molecule has 2 aromatic heterocycles. The molecule has 142 valence electrons. The van der Waals surface area contributed by atoms with Crippen LogP contribution in [0.4, 0.5) is 18.9 Å². The lowest BCUT2D eigenvalue weighted by Crippen LogP contribution is -2.23. The third-order valence-electron chi connectivity index (χ3n) is 3.52. The summed E-state index contributed by atoms with van der Waals surface area (Å²) < 4.78 is 44.5. The van der Waals surface area contributed by atoms with E-state index in [1.54, 1.807) is 19.1 Å². The monoisotopic (exact) mass is 397 g/mol. The molecule has 2 heterocycles. The number of rotatable bonds is 6. The highest BCUT2D eigenvalue weighted by Crippen LogP contribution is 2.30. The van der Waals surface area contributed by atoms with E-state index in [2.05, 4.69) is 20.8 Å². The van der Waals surface area contributed by atoms with Crippen molar-refractivity contribution < 1.29 is 22.4 Å². The molecule has 1 atom stereocenters. The highest BCUT2D eigenvalue weighted by molar-refractivity contribution is 8.00. The van der Waals surface area contributed by atoms with Crippen LogP contribution in [0, 0.1) is 0 Å². The Balaban J connectivity index is 1.61. The number of hydrogen-bond acceptors (Lipinski definition) is 6. The third-order valence-corrected chi connectivity index (χ3v) is 4.59. The topological polar surface area (TPSA) is 85.8 Å². The fraction of sp³-hybridized carbons (Fsp3) is 0.250. The lowest BCUT2D eigenvalue weighted by atomic mass is 10.2. The molecular formula is C16H14F3N5O2S. The molecule has 1 aromatic carbocycles. The van der Waals surface area contributed by atoms with Crippen LogP contribution in [0.2, 0.25) is 0 Å². The number of furan rings is 1. The first-order chi connectivity index (χ1) is 12.8. The molecule has 7 nitrogen and oxygen atoms in total. The highest BCUT2D eigenvalue weighted by atomic mass is 32.2. The van der Waals surface area contributed by atoms with Crippen LogP contribution >= 0.6 is 11.8 Å². The molecule has 3 aromatic rings. The molecule has 0 aliphatic carbocycles. The molecule has 1 unspecified atom stereocenters. The number of tetrazole rings is 1. The summed E-state index contributed by atoms with van der Waals surface area (Å²) in [6, 6.07) is 7.76. The summed E-state index contributed by atoms with van der Waals surface area (Å²) in [4.78, 5) is 12.3. The van der Waals surface area contributed by atoms with Crippen LogP contribution < -0.4 is 5.32 Å². The zero-order chi connectivity index (χ0) is 19.4. The fourth-order valence-electron chi connectivity index (χ4n) is 2.13. The minimum Gasteiger partial charge on any atom is -0.467 e. The number of amides is 1. The van der Waals surface area contributed by atoms with E-state index in [1.807, 2.05) is 0 Å². The minimum atomic E-state index is -4.42. The molecule has 3 rings (SSSR count). The van der Waals surface area contributed by atoms with E-state index < -0.39 is 17.0 Å². The SMILES string of the molecule is CC(Sc1nnnn1Cc1ccco1)C(=O)Nc1ccc(C(F)(F)F)cc1. The number of halogens is 3. The minimum absolute atomic E-state index is 0.274.